The molecule has 1 aromatic heterocycles. The van der Waals surface area contributed by atoms with Crippen LogP contribution in [0.3, 0.4) is 0 Å². The summed E-state index contributed by atoms with van der Waals surface area (Å²) in [7, 11) is 2.05. The number of benzene rings is 1. The van der Waals surface area contributed by atoms with Gasteiger partial charge in [-0.1, -0.05) is 35.9 Å². The van der Waals surface area contributed by atoms with Gasteiger partial charge in [-0.3, -0.25) is 4.98 Å². The molecule has 1 N–H and O–H groups in total. The van der Waals surface area contributed by atoms with Gasteiger partial charge in [0.1, 0.15) is 0 Å². The van der Waals surface area contributed by atoms with Gasteiger partial charge in [-0.05, 0) is 38.1 Å². The number of hydrogen-bond acceptors (Lipinski definition) is 3. The van der Waals surface area contributed by atoms with Crippen LogP contribution in [0.15, 0.2) is 48.7 Å². The predicted molar refractivity (Wildman–Crippen MR) is 81.3 cm³/mol. The SMILES string of the molecule is Cc1ccc(C(O)CCN(C)Cc2ccccn2)cc1. The van der Waals surface area contributed by atoms with Gasteiger partial charge in [-0.15, -0.1) is 0 Å². The molecule has 2 rings (SSSR count). The number of rotatable bonds is 6. The largest absolute Gasteiger partial charge is 0.388 e. The summed E-state index contributed by atoms with van der Waals surface area (Å²) >= 11 is 0. The van der Waals surface area contributed by atoms with Crippen LogP contribution in [0, 0.1) is 6.92 Å². The highest BCUT2D eigenvalue weighted by molar-refractivity contribution is 5.23. The van der Waals surface area contributed by atoms with E-state index >= 15 is 0 Å². The molecule has 0 saturated heterocycles. The normalized spacial score (nSPS) is 12.6. The molecule has 2 aromatic rings. The molecule has 0 aliphatic rings. The molecular weight excluding hydrogens is 248 g/mol. The second-order valence-electron chi connectivity index (χ2n) is 5.27. The van der Waals surface area contributed by atoms with Gasteiger partial charge < -0.3 is 10.0 Å². The highest BCUT2D eigenvalue weighted by Crippen LogP contribution is 2.17. The first-order valence-corrected chi connectivity index (χ1v) is 6.98. The Balaban J connectivity index is 1.81. The fourth-order valence-electron chi connectivity index (χ4n) is 2.15. The van der Waals surface area contributed by atoms with E-state index in [1.807, 2.05) is 48.7 Å². The van der Waals surface area contributed by atoms with Crippen LogP contribution in [0.25, 0.3) is 0 Å². The molecule has 1 aromatic carbocycles. The summed E-state index contributed by atoms with van der Waals surface area (Å²) in [5, 5.41) is 10.2. The van der Waals surface area contributed by atoms with Crippen molar-refractivity contribution in [2.24, 2.45) is 0 Å². The van der Waals surface area contributed by atoms with Crippen LogP contribution in [-0.4, -0.2) is 28.6 Å². The summed E-state index contributed by atoms with van der Waals surface area (Å²) < 4.78 is 0. The molecular formula is C17H22N2O. The maximum absolute atomic E-state index is 10.2. The topological polar surface area (TPSA) is 36.4 Å². The summed E-state index contributed by atoms with van der Waals surface area (Å²) in [5.74, 6) is 0. The van der Waals surface area contributed by atoms with E-state index in [1.54, 1.807) is 0 Å². The van der Waals surface area contributed by atoms with Gasteiger partial charge in [-0.25, -0.2) is 0 Å². The van der Waals surface area contributed by atoms with Crippen molar-refractivity contribution in [3.05, 3.63) is 65.5 Å². The minimum atomic E-state index is -0.401. The molecule has 3 nitrogen and oxygen atoms in total. The van der Waals surface area contributed by atoms with Gasteiger partial charge in [0, 0.05) is 19.3 Å². The van der Waals surface area contributed by atoms with Crippen molar-refractivity contribution in [1.82, 2.24) is 9.88 Å². The number of hydrogen-bond donors (Lipinski definition) is 1. The molecule has 20 heavy (non-hydrogen) atoms. The zero-order valence-electron chi connectivity index (χ0n) is 12.2. The molecule has 3 heteroatoms. The van der Waals surface area contributed by atoms with E-state index < -0.39 is 6.10 Å². The molecule has 0 amide bonds. The fraction of sp³-hybridized carbons (Fsp3) is 0.353. The molecule has 0 fully saturated rings. The number of aliphatic hydroxyl groups excluding tert-OH is 1. The Hall–Kier alpha value is -1.71. The van der Waals surface area contributed by atoms with Gasteiger partial charge in [0.25, 0.3) is 0 Å². The van der Waals surface area contributed by atoms with Crippen LogP contribution >= 0.6 is 0 Å². The molecule has 0 aliphatic carbocycles. The summed E-state index contributed by atoms with van der Waals surface area (Å²) in [4.78, 5) is 6.49. The van der Waals surface area contributed by atoms with Crippen molar-refractivity contribution in [3.63, 3.8) is 0 Å². The van der Waals surface area contributed by atoms with Crippen molar-refractivity contribution in [3.8, 4) is 0 Å². The number of aliphatic hydroxyl groups is 1. The number of nitrogens with zero attached hydrogens (tertiary/aromatic N) is 2. The molecule has 0 bridgehead atoms. The summed E-state index contributed by atoms with van der Waals surface area (Å²) in [6.45, 7) is 3.70. The van der Waals surface area contributed by atoms with Gasteiger partial charge in [0.2, 0.25) is 0 Å². The van der Waals surface area contributed by atoms with E-state index in [0.29, 0.717) is 0 Å². The van der Waals surface area contributed by atoms with E-state index in [4.69, 9.17) is 0 Å². The van der Waals surface area contributed by atoms with Gasteiger partial charge in [0.05, 0.1) is 11.8 Å². The van der Waals surface area contributed by atoms with Crippen LogP contribution in [-0.2, 0) is 6.54 Å². The quantitative estimate of drug-likeness (QED) is 0.876. The van der Waals surface area contributed by atoms with Crippen LogP contribution in [0.4, 0.5) is 0 Å². The number of aryl methyl sites for hydroxylation is 1. The lowest BCUT2D eigenvalue weighted by Gasteiger charge is -2.18. The van der Waals surface area contributed by atoms with Crippen LogP contribution in [0.5, 0.6) is 0 Å². The Bertz CT molecular complexity index is 510. The lowest BCUT2D eigenvalue weighted by atomic mass is 10.0. The van der Waals surface area contributed by atoms with Crippen molar-refractivity contribution >= 4 is 0 Å². The molecule has 0 radical (unpaired) electrons. The molecule has 0 aliphatic heterocycles. The monoisotopic (exact) mass is 270 g/mol. The Morgan fingerprint density at radius 2 is 1.90 bits per heavy atom. The maximum atomic E-state index is 10.2. The summed E-state index contributed by atoms with van der Waals surface area (Å²) in [6.07, 6.45) is 2.14. The summed E-state index contributed by atoms with van der Waals surface area (Å²) in [5.41, 5.74) is 3.26. The Morgan fingerprint density at radius 1 is 1.15 bits per heavy atom. The fourth-order valence-corrected chi connectivity index (χ4v) is 2.15. The third-order valence-electron chi connectivity index (χ3n) is 3.40. The number of pyridine rings is 1. The highest BCUT2D eigenvalue weighted by Gasteiger charge is 2.09. The zero-order chi connectivity index (χ0) is 14.4. The molecule has 106 valence electrons. The Kier molecular flexibility index (Phi) is 5.27. The molecule has 0 spiro atoms. The molecule has 1 heterocycles. The van der Waals surface area contributed by atoms with E-state index in [9.17, 15) is 5.11 Å². The second-order valence-corrected chi connectivity index (χ2v) is 5.27. The van der Waals surface area contributed by atoms with Crippen molar-refractivity contribution in [2.45, 2.75) is 26.0 Å². The van der Waals surface area contributed by atoms with Crippen LogP contribution in [0.2, 0.25) is 0 Å². The smallest absolute Gasteiger partial charge is 0.0802 e. The minimum Gasteiger partial charge on any atom is -0.388 e. The van der Waals surface area contributed by atoms with E-state index in [0.717, 1.165) is 30.8 Å². The standard InChI is InChI=1S/C17H22N2O/c1-14-6-8-15(9-7-14)17(20)10-12-19(2)13-16-5-3-4-11-18-16/h3-9,11,17,20H,10,12-13H2,1-2H3. The average molecular weight is 270 g/mol. The third kappa shape index (κ3) is 4.44. The second kappa shape index (κ2) is 7.17. The van der Waals surface area contributed by atoms with Crippen LogP contribution in [0.1, 0.15) is 29.3 Å². The first-order chi connectivity index (χ1) is 9.65. The van der Waals surface area contributed by atoms with E-state index in [2.05, 4.69) is 23.9 Å². The van der Waals surface area contributed by atoms with Gasteiger partial charge in [-0.2, -0.15) is 0 Å². The van der Waals surface area contributed by atoms with Crippen molar-refractivity contribution in [2.75, 3.05) is 13.6 Å². The molecule has 0 saturated carbocycles. The zero-order valence-corrected chi connectivity index (χ0v) is 12.2. The van der Waals surface area contributed by atoms with Crippen molar-refractivity contribution < 1.29 is 5.11 Å². The first-order valence-electron chi connectivity index (χ1n) is 6.98. The average Bonchev–Trinajstić information content (AvgIpc) is 2.46. The maximum Gasteiger partial charge on any atom is 0.0802 e. The first kappa shape index (κ1) is 14.7. The minimum absolute atomic E-state index is 0.401. The van der Waals surface area contributed by atoms with Gasteiger partial charge in [0.15, 0.2) is 0 Å². The lowest BCUT2D eigenvalue weighted by Crippen LogP contribution is -2.21. The predicted octanol–water partition coefficient (Wildman–Crippen LogP) is 2.95. The molecule has 1 unspecified atom stereocenters. The molecule has 1 atom stereocenters. The summed E-state index contributed by atoms with van der Waals surface area (Å²) in [6, 6.07) is 14.0. The van der Waals surface area contributed by atoms with Crippen LogP contribution < -0.4 is 0 Å². The Labute approximate surface area is 120 Å². The van der Waals surface area contributed by atoms with E-state index in [-0.39, 0.29) is 0 Å². The third-order valence-corrected chi connectivity index (χ3v) is 3.40. The Morgan fingerprint density at radius 3 is 2.55 bits per heavy atom. The van der Waals surface area contributed by atoms with Crippen molar-refractivity contribution in [1.29, 1.82) is 0 Å². The number of aromatic nitrogens is 1. The lowest BCUT2D eigenvalue weighted by molar-refractivity contribution is 0.147. The van der Waals surface area contributed by atoms with Gasteiger partial charge >= 0.3 is 0 Å². The van der Waals surface area contributed by atoms with E-state index in [1.165, 1.54) is 5.56 Å². The highest BCUT2D eigenvalue weighted by atomic mass is 16.3.